The number of aryl methyl sites for hydroxylation is 2. The highest BCUT2D eigenvalue weighted by atomic mass is 79.9. The van der Waals surface area contributed by atoms with Crippen LogP contribution in [0.15, 0.2) is 64.6 Å². The highest BCUT2D eigenvalue weighted by molar-refractivity contribution is 9.10. The minimum Gasteiger partial charge on any atom is -0.868 e. The standard InChI is InChI=1S/C22H18BrN3O3S/c1-12-21(30-13(2)25-12)19(27)17-18(15-6-3-7-16(23)9-15)26(22(29)20(17)28)11-14-5-4-8-24-10-14/h3-10,18,28H,11H2,1-2H3. The molecule has 1 atom stereocenters. The van der Waals surface area contributed by atoms with Gasteiger partial charge in [0, 0.05) is 21.7 Å². The summed E-state index contributed by atoms with van der Waals surface area (Å²) in [5, 5.41) is 13.8. The molecule has 0 bridgehead atoms. The molecule has 1 unspecified atom stereocenters. The number of nitrogens with zero attached hydrogens (tertiary/aromatic N) is 2. The fourth-order valence-corrected chi connectivity index (χ4v) is 4.94. The molecular formula is C22H18BrN3O3S. The second-order valence-corrected chi connectivity index (χ2v) is 9.14. The summed E-state index contributed by atoms with van der Waals surface area (Å²) in [6.07, 6.45) is 3.54. The van der Waals surface area contributed by atoms with Crippen LogP contribution in [-0.2, 0) is 11.3 Å². The number of Topliss-reactive ketones (excluding diaryl/α,β-unsaturated/α-hetero) is 1. The number of aromatic amines is 1. The van der Waals surface area contributed by atoms with Crippen molar-refractivity contribution in [1.29, 1.82) is 0 Å². The Morgan fingerprint density at radius 1 is 1.30 bits per heavy atom. The van der Waals surface area contributed by atoms with Gasteiger partial charge in [-0.2, -0.15) is 0 Å². The molecule has 1 aliphatic heterocycles. The van der Waals surface area contributed by atoms with Gasteiger partial charge in [0.05, 0.1) is 28.2 Å². The number of thiazole rings is 1. The average molecular weight is 484 g/mol. The van der Waals surface area contributed by atoms with E-state index in [1.54, 1.807) is 19.3 Å². The van der Waals surface area contributed by atoms with Crippen molar-refractivity contribution in [2.24, 2.45) is 0 Å². The Morgan fingerprint density at radius 2 is 2.10 bits per heavy atom. The summed E-state index contributed by atoms with van der Waals surface area (Å²) in [6.45, 7) is 3.76. The summed E-state index contributed by atoms with van der Waals surface area (Å²) >= 11 is 4.69. The molecule has 0 radical (unpaired) electrons. The molecule has 3 heterocycles. The van der Waals surface area contributed by atoms with Crippen LogP contribution in [0.2, 0.25) is 0 Å². The largest absolute Gasteiger partial charge is 0.868 e. The molecule has 3 aromatic rings. The molecule has 0 fully saturated rings. The molecule has 8 heteroatoms. The van der Waals surface area contributed by atoms with E-state index in [-0.39, 0.29) is 12.1 Å². The Bertz CT molecular complexity index is 1170. The minimum absolute atomic E-state index is 0.0234. The van der Waals surface area contributed by atoms with Crippen LogP contribution in [0.5, 0.6) is 0 Å². The Balaban J connectivity index is 1.83. The van der Waals surface area contributed by atoms with Crippen molar-refractivity contribution in [2.45, 2.75) is 26.4 Å². The minimum atomic E-state index is -0.767. The summed E-state index contributed by atoms with van der Waals surface area (Å²) in [7, 11) is 0. The van der Waals surface area contributed by atoms with Crippen molar-refractivity contribution in [2.75, 3.05) is 0 Å². The van der Waals surface area contributed by atoms with Gasteiger partial charge in [0.1, 0.15) is 0 Å². The number of hydrogen-bond acceptors (Lipinski definition) is 5. The molecule has 30 heavy (non-hydrogen) atoms. The van der Waals surface area contributed by atoms with E-state index in [1.165, 1.54) is 16.2 Å². The molecule has 0 saturated carbocycles. The Hall–Kier alpha value is -2.84. The van der Waals surface area contributed by atoms with Crippen LogP contribution < -0.4 is 10.1 Å². The lowest BCUT2D eigenvalue weighted by atomic mass is 9.95. The summed E-state index contributed by atoms with van der Waals surface area (Å²) in [4.78, 5) is 35.6. The van der Waals surface area contributed by atoms with Gasteiger partial charge in [0.2, 0.25) is 11.7 Å². The van der Waals surface area contributed by atoms with Crippen LogP contribution in [0, 0.1) is 13.8 Å². The number of ketones is 1. The van der Waals surface area contributed by atoms with Gasteiger partial charge in [-0.1, -0.05) is 28.1 Å². The Morgan fingerprint density at radius 3 is 2.73 bits per heavy atom. The number of nitrogens with one attached hydrogen (secondary N) is 1. The summed E-state index contributed by atoms with van der Waals surface area (Å²) < 4.78 is 0.802. The van der Waals surface area contributed by atoms with Crippen molar-refractivity contribution in [3.63, 3.8) is 0 Å². The van der Waals surface area contributed by atoms with E-state index in [9.17, 15) is 14.7 Å². The van der Waals surface area contributed by atoms with Crippen molar-refractivity contribution in [1.82, 2.24) is 9.88 Å². The van der Waals surface area contributed by atoms with Gasteiger partial charge in [0.25, 0.3) is 0 Å². The van der Waals surface area contributed by atoms with Crippen LogP contribution in [0.4, 0.5) is 0 Å². The third-order valence-corrected chi connectivity index (χ3v) is 6.49. The average Bonchev–Trinajstić information content (AvgIpc) is 3.19. The SMILES string of the molecule is Cc1nc(C)c(C(=O)C2=C([O-])C(=O)N(Cc3ccc[nH+]c3)C2c2cccc(Br)c2)s1. The molecule has 1 amide bonds. The number of carbonyl (C=O) groups is 2. The van der Waals surface area contributed by atoms with Crippen LogP contribution in [0.1, 0.15) is 37.5 Å². The second kappa shape index (κ2) is 8.12. The van der Waals surface area contributed by atoms with Gasteiger partial charge in [-0.3, -0.25) is 9.59 Å². The van der Waals surface area contributed by atoms with Crippen LogP contribution in [0.25, 0.3) is 0 Å². The van der Waals surface area contributed by atoms with Crippen molar-refractivity contribution < 1.29 is 19.7 Å². The predicted molar refractivity (Wildman–Crippen MR) is 113 cm³/mol. The number of aromatic nitrogens is 2. The van der Waals surface area contributed by atoms with Crippen LogP contribution in [0.3, 0.4) is 0 Å². The van der Waals surface area contributed by atoms with Crippen LogP contribution >= 0.6 is 27.3 Å². The van der Waals surface area contributed by atoms with E-state index in [0.29, 0.717) is 16.1 Å². The molecule has 1 aromatic carbocycles. The zero-order chi connectivity index (χ0) is 21.4. The molecule has 0 saturated heterocycles. The lowest BCUT2D eigenvalue weighted by Crippen LogP contribution is -2.32. The van der Waals surface area contributed by atoms with Gasteiger partial charge in [-0.25, -0.2) is 9.97 Å². The lowest BCUT2D eigenvalue weighted by Gasteiger charge is -2.27. The number of carbonyl (C=O) groups excluding carboxylic acids is 2. The van der Waals surface area contributed by atoms with E-state index in [0.717, 1.165) is 15.0 Å². The zero-order valence-corrected chi connectivity index (χ0v) is 18.7. The normalized spacial score (nSPS) is 16.4. The molecule has 0 aliphatic carbocycles. The maximum absolute atomic E-state index is 13.4. The fraction of sp³-hybridized carbons (Fsp3) is 0.182. The second-order valence-electron chi connectivity index (χ2n) is 7.02. The van der Waals surface area contributed by atoms with Crippen molar-refractivity contribution in [3.8, 4) is 0 Å². The number of hydrogen-bond donors (Lipinski definition) is 0. The third kappa shape index (κ3) is 3.68. The van der Waals surface area contributed by atoms with E-state index >= 15 is 0 Å². The molecular weight excluding hydrogens is 466 g/mol. The Labute approximate surface area is 186 Å². The quantitative estimate of drug-likeness (QED) is 0.521. The van der Waals surface area contributed by atoms with Gasteiger partial charge < -0.3 is 10.0 Å². The van der Waals surface area contributed by atoms with Gasteiger partial charge in [-0.15, -0.1) is 11.3 Å². The summed E-state index contributed by atoms with van der Waals surface area (Å²) in [5.74, 6) is -1.86. The highest BCUT2D eigenvalue weighted by Gasteiger charge is 2.40. The molecule has 0 spiro atoms. The van der Waals surface area contributed by atoms with Crippen molar-refractivity contribution in [3.05, 3.63) is 91.3 Å². The highest BCUT2D eigenvalue weighted by Crippen LogP contribution is 2.40. The molecule has 1 aliphatic rings. The first-order valence-corrected chi connectivity index (χ1v) is 10.9. The fourth-order valence-electron chi connectivity index (χ4n) is 3.65. The topological polar surface area (TPSA) is 87.5 Å². The lowest BCUT2D eigenvalue weighted by molar-refractivity contribution is -0.378. The van der Waals surface area contributed by atoms with Crippen molar-refractivity contribution >= 4 is 39.0 Å². The summed E-state index contributed by atoms with van der Waals surface area (Å²) in [6, 6.07) is 10.3. The van der Waals surface area contributed by atoms with E-state index < -0.39 is 23.5 Å². The van der Waals surface area contributed by atoms with E-state index in [2.05, 4.69) is 25.9 Å². The molecule has 1 N–H and O–H groups in total. The maximum atomic E-state index is 13.4. The van der Waals surface area contributed by atoms with Gasteiger partial charge in [0.15, 0.2) is 12.4 Å². The predicted octanol–water partition coefficient (Wildman–Crippen LogP) is 2.92. The number of benzene rings is 1. The first kappa shape index (κ1) is 20.4. The zero-order valence-electron chi connectivity index (χ0n) is 16.3. The number of H-pyrrole nitrogens is 1. The number of pyridine rings is 1. The monoisotopic (exact) mass is 483 g/mol. The molecule has 4 rings (SSSR count). The van der Waals surface area contributed by atoms with E-state index in [4.69, 9.17) is 0 Å². The number of halogens is 1. The smallest absolute Gasteiger partial charge is 0.240 e. The third-order valence-electron chi connectivity index (χ3n) is 4.93. The molecule has 2 aromatic heterocycles. The molecule has 6 nitrogen and oxygen atoms in total. The summed E-state index contributed by atoms with van der Waals surface area (Å²) in [5.41, 5.74) is 2.08. The Kier molecular flexibility index (Phi) is 5.53. The van der Waals surface area contributed by atoms with Gasteiger partial charge >= 0.3 is 0 Å². The number of rotatable bonds is 5. The number of amides is 1. The van der Waals surface area contributed by atoms with E-state index in [1.807, 2.05) is 43.3 Å². The maximum Gasteiger partial charge on any atom is 0.240 e. The first-order chi connectivity index (χ1) is 14.4. The first-order valence-electron chi connectivity index (χ1n) is 9.28. The van der Waals surface area contributed by atoms with Crippen LogP contribution in [-0.4, -0.2) is 21.6 Å². The molecule has 152 valence electrons. The van der Waals surface area contributed by atoms with Gasteiger partial charge in [-0.05, 0) is 43.4 Å².